The summed E-state index contributed by atoms with van der Waals surface area (Å²) in [5.41, 5.74) is 5.46. The number of amides is 1. The number of nitrogens with one attached hydrogen (secondary N) is 1. The molecule has 1 heterocycles. The predicted octanol–water partition coefficient (Wildman–Crippen LogP) is 1.88. The van der Waals surface area contributed by atoms with Gasteiger partial charge in [-0.25, -0.2) is 4.98 Å². The number of nitrogens with two attached hydrogens (primary N) is 1. The molecule has 1 amide bonds. The van der Waals surface area contributed by atoms with Crippen LogP contribution in [0.15, 0.2) is 10.5 Å². The Kier molecular flexibility index (Phi) is 4.27. The van der Waals surface area contributed by atoms with Crippen LogP contribution in [0.2, 0.25) is 0 Å². The van der Waals surface area contributed by atoms with Crippen molar-refractivity contribution in [2.75, 3.05) is 0 Å². The van der Waals surface area contributed by atoms with Crippen molar-refractivity contribution >= 4 is 23.1 Å². The van der Waals surface area contributed by atoms with Crippen molar-refractivity contribution in [1.82, 2.24) is 10.3 Å². The summed E-state index contributed by atoms with van der Waals surface area (Å²) >= 11 is 1.43. The second kappa shape index (κ2) is 5.78. The van der Waals surface area contributed by atoms with Crippen LogP contribution in [0.5, 0.6) is 0 Å². The molecular weight excluding hydrogens is 276 g/mol. The van der Waals surface area contributed by atoms with Gasteiger partial charge in [0, 0.05) is 5.38 Å². The minimum atomic E-state index is -0.754. The molecule has 0 radical (unpaired) electrons. The topological polar surface area (TPSA) is 101 Å². The van der Waals surface area contributed by atoms with Crippen molar-refractivity contribution in [2.24, 2.45) is 16.8 Å². The lowest BCUT2D eigenvalue weighted by atomic mass is 9.76. The molecule has 0 bridgehead atoms. The summed E-state index contributed by atoms with van der Waals surface area (Å²) in [6, 6.07) is 0. The first-order chi connectivity index (χ1) is 9.47. The van der Waals surface area contributed by atoms with Gasteiger partial charge in [0.25, 0.3) is 5.91 Å². The average Bonchev–Trinajstić information content (AvgIpc) is 2.87. The largest absolute Gasteiger partial charge is 0.409 e. The Balaban J connectivity index is 2.18. The maximum Gasteiger partial charge on any atom is 0.271 e. The summed E-state index contributed by atoms with van der Waals surface area (Å²) in [6.07, 6.45) is 3.23. The Labute approximate surface area is 122 Å². The van der Waals surface area contributed by atoms with Gasteiger partial charge in [-0.2, -0.15) is 0 Å². The summed E-state index contributed by atoms with van der Waals surface area (Å²) < 4.78 is 0. The number of carbonyl (C=O) groups excluding carboxylic acids is 1. The maximum atomic E-state index is 12.3. The van der Waals surface area contributed by atoms with Gasteiger partial charge < -0.3 is 16.3 Å². The highest BCUT2D eigenvalue weighted by molar-refractivity contribution is 7.09. The molecule has 110 valence electrons. The van der Waals surface area contributed by atoms with Crippen LogP contribution < -0.4 is 11.1 Å². The summed E-state index contributed by atoms with van der Waals surface area (Å²) in [6.45, 7) is 4.02. The van der Waals surface area contributed by atoms with Crippen molar-refractivity contribution in [3.05, 3.63) is 16.1 Å². The molecule has 1 saturated carbocycles. The average molecular weight is 296 g/mol. The number of nitrogens with zero attached hydrogens (tertiary/aromatic N) is 2. The molecule has 1 fully saturated rings. The summed E-state index contributed by atoms with van der Waals surface area (Å²) in [4.78, 5) is 16.4. The fourth-order valence-electron chi connectivity index (χ4n) is 2.54. The quantitative estimate of drug-likeness (QED) is 0.343. The third-order valence-corrected chi connectivity index (χ3v) is 4.70. The maximum absolute atomic E-state index is 12.3. The van der Waals surface area contributed by atoms with Gasteiger partial charge in [0.2, 0.25) is 0 Å². The number of aryl methyl sites for hydroxylation is 1. The van der Waals surface area contributed by atoms with E-state index in [1.807, 2.05) is 6.92 Å². The molecular formula is C13H20N4O2S. The third kappa shape index (κ3) is 2.92. The highest BCUT2D eigenvalue weighted by atomic mass is 32.1. The summed E-state index contributed by atoms with van der Waals surface area (Å²) in [5.74, 6) is 0.397. The fraction of sp³-hybridized carbons (Fsp3) is 0.615. The second-order valence-electron chi connectivity index (χ2n) is 5.46. The van der Waals surface area contributed by atoms with Crippen molar-refractivity contribution in [3.63, 3.8) is 0 Å². The molecule has 0 atom stereocenters. The molecule has 0 aliphatic heterocycles. The van der Waals surface area contributed by atoms with Crippen LogP contribution in [0, 0.1) is 12.8 Å². The molecule has 7 heteroatoms. The van der Waals surface area contributed by atoms with Gasteiger partial charge in [-0.15, -0.1) is 11.3 Å². The lowest BCUT2D eigenvalue weighted by Crippen LogP contribution is -2.59. The zero-order chi connectivity index (χ0) is 14.8. The van der Waals surface area contributed by atoms with Crippen LogP contribution >= 0.6 is 11.3 Å². The molecule has 0 spiro atoms. The van der Waals surface area contributed by atoms with E-state index in [0.29, 0.717) is 24.5 Å². The van der Waals surface area contributed by atoms with E-state index in [-0.39, 0.29) is 11.7 Å². The van der Waals surface area contributed by atoms with Crippen molar-refractivity contribution in [2.45, 2.75) is 45.1 Å². The van der Waals surface area contributed by atoms with E-state index < -0.39 is 5.54 Å². The Bertz CT molecular complexity index is 518. The predicted molar refractivity (Wildman–Crippen MR) is 78.1 cm³/mol. The van der Waals surface area contributed by atoms with Crippen LogP contribution in [-0.2, 0) is 0 Å². The molecule has 0 unspecified atom stereocenters. The molecule has 0 saturated heterocycles. The fourth-order valence-corrected chi connectivity index (χ4v) is 3.14. The van der Waals surface area contributed by atoms with E-state index in [1.54, 1.807) is 5.38 Å². The first-order valence-electron chi connectivity index (χ1n) is 6.69. The number of thiazole rings is 1. The number of carbonyl (C=O) groups is 1. The molecule has 1 aliphatic carbocycles. The first kappa shape index (κ1) is 14.8. The standard InChI is InChI=1S/C13H20N4O2S/c1-8-3-5-13(6-4-8,12(14)17-19)16-11(18)10-7-20-9(2)15-10/h7-8,19H,3-6H2,1-2H3,(H2,14,17)(H,16,18). The molecule has 1 aliphatic rings. The monoisotopic (exact) mass is 296 g/mol. The Hall–Kier alpha value is -1.63. The number of rotatable bonds is 3. The van der Waals surface area contributed by atoms with E-state index in [1.165, 1.54) is 11.3 Å². The smallest absolute Gasteiger partial charge is 0.271 e. The van der Waals surface area contributed by atoms with E-state index in [9.17, 15) is 4.79 Å². The minimum Gasteiger partial charge on any atom is -0.409 e. The van der Waals surface area contributed by atoms with Gasteiger partial charge in [0.15, 0.2) is 5.84 Å². The molecule has 4 N–H and O–H groups in total. The number of aromatic nitrogens is 1. The van der Waals surface area contributed by atoms with Crippen molar-refractivity contribution < 1.29 is 10.0 Å². The zero-order valence-corrected chi connectivity index (χ0v) is 12.5. The zero-order valence-electron chi connectivity index (χ0n) is 11.7. The second-order valence-corrected chi connectivity index (χ2v) is 6.52. The Morgan fingerprint density at radius 3 is 2.75 bits per heavy atom. The molecule has 1 aromatic rings. The molecule has 0 aromatic carbocycles. The van der Waals surface area contributed by atoms with E-state index >= 15 is 0 Å². The van der Waals surface area contributed by atoms with E-state index in [4.69, 9.17) is 10.9 Å². The molecule has 1 aromatic heterocycles. The van der Waals surface area contributed by atoms with Crippen LogP contribution in [0.25, 0.3) is 0 Å². The third-order valence-electron chi connectivity index (χ3n) is 3.93. The Morgan fingerprint density at radius 1 is 1.60 bits per heavy atom. The number of hydrogen-bond acceptors (Lipinski definition) is 5. The van der Waals surface area contributed by atoms with Gasteiger partial charge in [-0.3, -0.25) is 4.79 Å². The Morgan fingerprint density at radius 2 is 2.25 bits per heavy atom. The van der Waals surface area contributed by atoms with Crippen LogP contribution in [0.3, 0.4) is 0 Å². The molecule has 20 heavy (non-hydrogen) atoms. The van der Waals surface area contributed by atoms with E-state index in [0.717, 1.165) is 17.8 Å². The summed E-state index contributed by atoms with van der Waals surface area (Å²) in [7, 11) is 0. The number of oxime groups is 1. The van der Waals surface area contributed by atoms with Gasteiger partial charge in [0.1, 0.15) is 11.2 Å². The van der Waals surface area contributed by atoms with Gasteiger partial charge >= 0.3 is 0 Å². The number of hydrogen-bond donors (Lipinski definition) is 3. The highest BCUT2D eigenvalue weighted by Crippen LogP contribution is 2.32. The van der Waals surface area contributed by atoms with Crippen LogP contribution in [0.4, 0.5) is 0 Å². The van der Waals surface area contributed by atoms with Crippen LogP contribution in [-0.4, -0.2) is 27.5 Å². The van der Waals surface area contributed by atoms with Crippen molar-refractivity contribution in [3.8, 4) is 0 Å². The van der Waals surface area contributed by atoms with Crippen molar-refractivity contribution in [1.29, 1.82) is 0 Å². The van der Waals surface area contributed by atoms with Gasteiger partial charge in [-0.05, 0) is 38.5 Å². The normalized spacial score (nSPS) is 27.3. The molecule has 2 rings (SSSR count). The number of amidine groups is 1. The lowest BCUT2D eigenvalue weighted by molar-refractivity contribution is 0.0893. The van der Waals surface area contributed by atoms with Crippen LogP contribution in [0.1, 0.15) is 48.1 Å². The van der Waals surface area contributed by atoms with Gasteiger partial charge in [-0.1, -0.05) is 12.1 Å². The SMILES string of the molecule is Cc1nc(C(=O)NC2(C(N)=NO)CCC(C)CC2)cs1. The molecule has 6 nitrogen and oxygen atoms in total. The summed E-state index contributed by atoms with van der Waals surface area (Å²) in [5, 5.41) is 17.6. The first-order valence-corrected chi connectivity index (χ1v) is 7.57. The highest BCUT2D eigenvalue weighted by Gasteiger charge is 2.40. The minimum absolute atomic E-state index is 0.0738. The van der Waals surface area contributed by atoms with E-state index in [2.05, 4.69) is 22.4 Å². The van der Waals surface area contributed by atoms with Gasteiger partial charge in [0.05, 0.1) is 5.01 Å². The lowest BCUT2D eigenvalue weighted by Gasteiger charge is -2.38.